The Kier molecular flexibility index (Phi) is 5.60. The fourth-order valence-electron chi connectivity index (χ4n) is 2.84. The van der Waals surface area contributed by atoms with Crippen molar-refractivity contribution in [1.29, 1.82) is 0 Å². The first-order valence-corrected chi connectivity index (χ1v) is 8.06. The van der Waals surface area contributed by atoms with E-state index in [1.165, 1.54) is 32.1 Å². The van der Waals surface area contributed by atoms with Crippen LogP contribution in [0.1, 0.15) is 49.6 Å². The number of nitrogens with two attached hydrogens (primary N) is 1. The highest BCUT2D eigenvalue weighted by atomic mass is 32.1. The smallest absolute Gasteiger partial charge is 0.186 e. The number of nitrogens with zero attached hydrogens (tertiary/aromatic N) is 2. The fraction of sp³-hybridized carbons (Fsp3) is 0.786. The summed E-state index contributed by atoms with van der Waals surface area (Å²) in [4.78, 5) is 8.38. The van der Waals surface area contributed by atoms with Crippen molar-refractivity contribution in [2.45, 2.75) is 58.2 Å². The maximum absolute atomic E-state index is 5.81. The summed E-state index contributed by atoms with van der Waals surface area (Å²) < 4.78 is 5.21. The molecule has 0 radical (unpaired) electrons. The van der Waals surface area contributed by atoms with E-state index in [0.29, 0.717) is 19.2 Å². The van der Waals surface area contributed by atoms with E-state index in [2.05, 4.69) is 11.8 Å². The Morgan fingerprint density at radius 2 is 2.11 bits per heavy atom. The molecule has 0 spiro atoms. The highest BCUT2D eigenvalue weighted by molar-refractivity contribution is 7.15. The molecule has 4 nitrogen and oxygen atoms in total. The summed E-state index contributed by atoms with van der Waals surface area (Å²) in [6, 6.07) is 0.658. The molecule has 0 aliphatic heterocycles. The second-order valence-corrected chi connectivity index (χ2v) is 6.14. The molecule has 1 aliphatic carbocycles. The Hall–Kier alpha value is -0.650. The quantitative estimate of drug-likeness (QED) is 0.872. The standard InChI is InChI=1S/C14H25N3OS/c1-3-17(11-7-5-4-6-8-11)14-16-12(10-18-2)13(9-15)19-14/h11H,3-10,15H2,1-2H3. The number of anilines is 1. The van der Waals surface area contributed by atoms with Crippen LogP contribution in [0, 0.1) is 0 Å². The zero-order valence-electron chi connectivity index (χ0n) is 12.0. The molecule has 2 rings (SSSR count). The lowest BCUT2D eigenvalue weighted by Gasteiger charge is -2.33. The molecule has 1 aliphatic rings. The molecular formula is C14H25N3OS. The summed E-state index contributed by atoms with van der Waals surface area (Å²) in [5.74, 6) is 0. The maximum atomic E-state index is 5.81. The van der Waals surface area contributed by atoms with E-state index >= 15 is 0 Å². The molecule has 1 aromatic heterocycles. The van der Waals surface area contributed by atoms with Crippen molar-refractivity contribution >= 4 is 16.5 Å². The molecule has 2 N–H and O–H groups in total. The molecule has 0 amide bonds. The van der Waals surface area contributed by atoms with Crippen molar-refractivity contribution < 1.29 is 4.74 Å². The van der Waals surface area contributed by atoms with Gasteiger partial charge in [-0.25, -0.2) is 4.98 Å². The van der Waals surface area contributed by atoms with E-state index in [1.807, 2.05) is 0 Å². The molecule has 1 heterocycles. The predicted molar refractivity (Wildman–Crippen MR) is 80.6 cm³/mol. The average Bonchev–Trinajstić information content (AvgIpc) is 2.84. The molecule has 108 valence electrons. The summed E-state index contributed by atoms with van der Waals surface area (Å²) in [7, 11) is 1.71. The second-order valence-electron chi connectivity index (χ2n) is 5.08. The van der Waals surface area contributed by atoms with E-state index in [9.17, 15) is 0 Å². The molecule has 1 saturated carbocycles. The fourth-order valence-corrected chi connectivity index (χ4v) is 3.92. The van der Waals surface area contributed by atoms with Crippen LogP contribution in [0.25, 0.3) is 0 Å². The van der Waals surface area contributed by atoms with Gasteiger partial charge in [0.05, 0.1) is 12.3 Å². The van der Waals surface area contributed by atoms with Crippen molar-refractivity contribution in [3.63, 3.8) is 0 Å². The average molecular weight is 283 g/mol. The second kappa shape index (κ2) is 7.22. The van der Waals surface area contributed by atoms with E-state index in [4.69, 9.17) is 15.5 Å². The third-order valence-electron chi connectivity index (χ3n) is 3.84. The zero-order valence-corrected chi connectivity index (χ0v) is 12.8. The van der Waals surface area contributed by atoms with Gasteiger partial charge in [-0.15, -0.1) is 11.3 Å². The van der Waals surface area contributed by atoms with E-state index < -0.39 is 0 Å². The zero-order chi connectivity index (χ0) is 13.7. The number of hydrogen-bond acceptors (Lipinski definition) is 5. The molecule has 0 aromatic carbocycles. The van der Waals surface area contributed by atoms with Crippen LogP contribution >= 0.6 is 11.3 Å². The lowest BCUT2D eigenvalue weighted by molar-refractivity contribution is 0.181. The van der Waals surface area contributed by atoms with Gasteiger partial charge in [-0.2, -0.15) is 0 Å². The highest BCUT2D eigenvalue weighted by Crippen LogP contribution is 2.32. The van der Waals surface area contributed by atoms with Crippen molar-refractivity contribution in [3.8, 4) is 0 Å². The molecule has 0 saturated heterocycles. The predicted octanol–water partition coefficient (Wildman–Crippen LogP) is 2.91. The van der Waals surface area contributed by atoms with Gasteiger partial charge in [0.25, 0.3) is 0 Å². The van der Waals surface area contributed by atoms with Gasteiger partial charge in [0.1, 0.15) is 0 Å². The summed E-state index contributed by atoms with van der Waals surface area (Å²) in [6.07, 6.45) is 6.67. The van der Waals surface area contributed by atoms with Gasteiger partial charge in [-0.05, 0) is 19.8 Å². The Morgan fingerprint density at radius 3 is 2.68 bits per heavy atom. The topological polar surface area (TPSA) is 51.4 Å². The first-order chi connectivity index (χ1) is 9.30. The molecular weight excluding hydrogens is 258 g/mol. The Labute approximate surface area is 120 Å². The molecule has 0 bridgehead atoms. The van der Waals surface area contributed by atoms with Crippen molar-refractivity contribution in [2.24, 2.45) is 5.73 Å². The van der Waals surface area contributed by atoms with Gasteiger partial charge in [0.2, 0.25) is 0 Å². The first kappa shape index (κ1) is 14.8. The van der Waals surface area contributed by atoms with Crippen LogP contribution in [0.5, 0.6) is 0 Å². The first-order valence-electron chi connectivity index (χ1n) is 7.24. The molecule has 0 atom stereocenters. The minimum atomic E-state index is 0.554. The van der Waals surface area contributed by atoms with Gasteiger partial charge in [0, 0.05) is 31.1 Å². The largest absolute Gasteiger partial charge is 0.378 e. The van der Waals surface area contributed by atoms with Crippen molar-refractivity contribution in [1.82, 2.24) is 4.98 Å². The summed E-state index contributed by atoms with van der Waals surface area (Å²) in [6.45, 7) is 4.35. The number of aromatic nitrogens is 1. The molecule has 19 heavy (non-hydrogen) atoms. The lowest BCUT2D eigenvalue weighted by Crippen LogP contribution is -2.36. The van der Waals surface area contributed by atoms with Crippen LogP contribution in [0.3, 0.4) is 0 Å². The van der Waals surface area contributed by atoms with Crippen LogP contribution < -0.4 is 10.6 Å². The number of rotatable bonds is 6. The summed E-state index contributed by atoms with van der Waals surface area (Å²) in [5.41, 5.74) is 6.82. The normalized spacial score (nSPS) is 16.8. The van der Waals surface area contributed by atoms with Crippen LogP contribution in [0.2, 0.25) is 0 Å². The van der Waals surface area contributed by atoms with E-state index in [1.54, 1.807) is 18.4 Å². The lowest BCUT2D eigenvalue weighted by atomic mass is 9.94. The molecule has 1 aromatic rings. The Bertz CT molecular complexity index is 388. The van der Waals surface area contributed by atoms with Crippen molar-refractivity contribution in [2.75, 3.05) is 18.6 Å². The van der Waals surface area contributed by atoms with Gasteiger partial charge in [0.15, 0.2) is 5.13 Å². The van der Waals surface area contributed by atoms with Gasteiger partial charge in [-0.1, -0.05) is 19.3 Å². The Morgan fingerprint density at radius 1 is 1.37 bits per heavy atom. The van der Waals surface area contributed by atoms with Crippen LogP contribution in [-0.2, 0) is 17.9 Å². The maximum Gasteiger partial charge on any atom is 0.186 e. The van der Waals surface area contributed by atoms with Crippen LogP contribution in [0.4, 0.5) is 5.13 Å². The minimum Gasteiger partial charge on any atom is -0.378 e. The van der Waals surface area contributed by atoms with Gasteiger partial charge < -0.3 is 15.4 Å². The monoisotopic (exact) mass is 283 g/mol. The molecule has 0 unspecified atom stereocenters. The number of methoxy groups -OCH3 is 1. The number of thiazole rings is 1. The number of hydrogen-bond donors (Lipinski definition) is 1. The minimum absolute atomic E-state index is 0.554. The van der Waals surface area contributed by atoms with E-state index in [0.717, 1.165) is 22.2 Å². The highest BCUT2D eigenvalue weighted by Gasteiger charge is 2.23. The van der Waals surface area contributed by atoms with E-state index in [-0.39, 0.29) is 0 Å². The Balaban J connectivity index is 2.17. The number of ether oxygens (including phenoxy) is 1. The van der Waals surface area contributed by atoms with Gasteiger partial charge in [-0.3, -0.25) is 0 Å². The van der Waals surface area contributed by atoms with Gasteiger partial charge >= 0.3 is 0 Å². The van der Waals surface area contributed by atoms with Crippen LogP contribution in [-0.4, -0.2) is 24.7 Å². The van der Waals surface area contributed by atoms with Crippen LogP contribution in [0.15, 0.2) is 0 Å². The molecule has 5 heteroatoms. The molecule has 1 fully saturated rings. The summed E-state index contributed by atoms with van der Waals surface area (Å²) in [5, 5.41) is 1.13. The third-order valence-corrected chi connectivity index (χ3v) is 4.99. The van der Waals surface area contributed by atoms with Crippen molar-refractivity contribution in [3.05, 3.63) is 10.6 Å². The third kappa shape index (κ3) is 3.46. The SMILES string of the molecule is CCN(c1nc(COC)c(CN)s1)C1CCCCC1. The summed E-state index contributed by atoms with van der Waals surface area (Å²) >= 11 is 1.74.